The fourth-order valence-corrected chi connectivity index (χ4v) is 2.60. The van der Waals surface area contributed by atoms with Gasteiger partial charge in [0, 0.05) is 26.2 Å². The molecule has 1 saturated heterocycles. The Morgan fingerprint density at radius 2 is 2.21 bits per heavy atom. The number of likely N-dealkylation sites (tertiary alicyclic amines) is 1. The molecule has 0 aromatic carbocycles. The zero-order valence-electron chi connectivity index (χ0n) is 9.11. The number of rotatable bonds is 4. The standard InChI is InChI=1S/C11H22N2O/c1-14-11(7-12)9-3-2-6-13(8-9)10-4-5-10/h9-11H,2-8,12H2,1H3. The van der Waals surface area contributed by atoms with Crippen LogP contribution in [0.2, 0.25) is 0 Å². The molecule has 0 radical (unpaired) electrons. The summed E-state index contributed by atoms with van der Waals surface area (Å²) in [6.45, 7) is 3.17. The van der Waals surface area contributed by atoms with Gasteiger partial charge >= 0.3 is 0 Å². The summed E-state index contributed by atoms with van der Waals surface area (Å²) in [7, 11) is 1.79. The smallest absolute Gasteiger partial charge is 0.0733 e. The van der Waals surface area contributed by atoms with Crippen LogP contribution in [0.5, 0.6) is 0 Å². The fraction of sp³-hybridized carbons (Fsp3) is 1.00. The molecule has 14 heavy (non-hydrogen) atoms. The van der Waals surface area contributed by atoms with E-state index in [0.717, 1.165) is 6.04 Å². The normalized spacial score (nSPS) is 31.7. The molecule has 3 heteroatoms. The summed E-state index contributed by atoms with van der Waals surface area (Å²) in [5, 5.41) is 0. The first kappa shape index (κ1) is 10.4. The lowest BCUT2D eigenvalue weighted by molar-refractivity contribution is 0.0194. The van der Waals surface area contributed by atoms with Crippen molar-refractivity contribution in [3.05, 3.63) is 0 Å². The number of hydrogen-bond donors (Lipinski definition) is 1. The van der Waals surface area contributed by atoms with Crippen LogP contribution in [0.4, 0.5) is 0 Å². The highest BCUT2D eigenvalue weighted by atomic mass is 16.5. The Bertz CT molecular complexity index is 178. The number of methoxy groups -OCH3 is 1. The van der Waals surface area contributed by atoms with E-state index in [1.165, 1.54) is 38.8 Å². The number of piperidine rings is 1. The Labute approximate surface area is 86.6 Å². The molecule has 0 amide bonds. The maximum Gasteiger partial charge on any atom is 0.0733 e. The molecule has 2 aliphatic rings. The Hall–Kier alpha value is -0.120. The van der Waals surface area contributed by atoms with Gasteiger partial charge < -0.3 is 15.4 Å². The third kappa shape index (κ3) is 2.27. The maximum atomic E-state index is 5.71. The molecule has 2 rings (SSSR count). The molecule has 1 aliphatic heterocycles. The van der Waals surface area contributed by atoms with Gasteiger partial charge in [0.15, 0.2) is 0 Å². The number of nitrogens with zero attached hydrogens (tertiary/aromatic N) is 1. The van der Waals surface area contributed by atoms with Gasteiger partial charge in [-0.3, -0.25) is 0 Å². The molecular weight excluding hydrogens is 176 g/mol. The van der Waals surface area contributed by atoms with E-state index in [4.69, 9.17) is 10.5 Å². The SMILES string of the molecule is COC(CN)C1CCCN(C2CC2)C1. The summed E-state index contributed by atoms with van der Waals surface area (Å²) >= 11 is 0. The van der Waals surface area contributed by atoms with Gasteiger partial charge in [-0.15, -0.1) is 0 Å². The molecule has 2 unspecified atom stereocenters. The lowest BCUT2D eigenvalue weighted by atomic mass is 9.92. The highest BCUT2D eigenvalue weighted by Gasteiger charge is 2.34. The summed E-state index contributed by atoms with van der Waals surface area (Å²) in [5.74, 6) is 0.666. The van der Waals surface area contributed by atoms with Gasteiger partial charge in [-0.25, -0.2) is 0 Å². The molecule has 82 valence electrons. The van der Waals surface area contributed by atoms with E-state index in [9.17, 15) is 0 Å². The first-order valence-corrected chi connectivity index (χ1v) is 5.82. The van der Waals surface area contributed by atoms with Crippen molar-refractivity contribution in [1.29, 1.82) is 0 Å². The lowest BCUT2D eigenvalue weighted by Crippen LogP contribution is -2.44. The summed E-state index contributed by atoms with van der Waals surface area (Å²) in [6, 6.07) is 0.896. The van der Waals surface area contributed by atoms with Crippen molar-refractivity contribution in [2.24, 2.45) is 11.7 Å². The highest BCUT2D eigenvalue weighted by Crippen LogP contribution is 2.32. The van der Waals surface area contributed by atoms with Crippen LogP contribution in [0, 0.1) is 5.92 Å². The van der Waals surface area contributed by atoms with E-state index >= 15 is 0 Å². The molecular formula is C11H22N2O. The van der Waals surface area contributed by atoms with Crippen molar-refractivity contribution in [2.45, 2.75) is 37.8 Å². The Morgan fingerprint density at radius 1 is 1.43 bits per heavy atom. The fourth-order valence-electron chi connectivity index (χ4n) is 2.60. The van der Waals surface area contributed by atoms with Crippen molar-refractivity contribution in [1.82, 2.24) is 4.90 Å². The predicted octanol–water partition coefficient (Wildman–Crippen LogP) is 0.834. The van der Waals surface area contributed by atoms with Gasteiger partial charge in [-0.05, 0) is 38.1 Å². The highest BCUT2D eigenvalue weighted by molar-refractivity contribution is 4.89. The van der Waals surface area contributed by atoms with Crippen LogP contribution in [0.25, 0.3) is 0 Å². The average Bonchev–Trinajstić information content (AvgIpc) is 3.03. The van der Waals surface area contributed by atoms with Gasteiger partial charge in [-0.2, -0.15) is 0 Å². The molecule has 1 heterocycles. The van der Waals surface area contributed by atoms with E-state index in [2.05, 4.69) is 4.90 Å². The molecule has 2 atom stereocenters. The molecule has 0 aromatic rings. The number of hydrogen-bond acceptors (Lipinski definition) is 3. The molecule has 2 fully saturated rings. The molecule has 2 N–H and O–H groups in total. The maximum absolute atomic E-state index is 5.71. The van der Waals surface area contributed by atoms with Gasteiger partial charge in [0.25, 0.3) is 0 Å². The van der Waals surface area contributed by atoms with Crippen LogP contribution in [-0.4, -0.2) is 43.8 Å². The van der Waals surface area contributed by atoms with Crippen LogP contribution < -0.4 is 5.73 Å². The average molecular weight is 198 g/mol. The zero-order chi connectivity index (χ0) is 9.97. The molecule has 3 nitrogen and oxygen atoms in total. The van der Waals surface area contributed by atoms with Crippen molar-refractivity contribution in [3.63, 3.8) is 0 Å². The van der Waals surface area contributed by atoms with Crippen LogP contribution >= 0.6 is 0 Å². The second-order valence-corrected chi connectivity index (χ2v) is 4.64. The third-order valence-electron chi connectivity index (χ3n) is 3.61. The monoisotopic (exact) mass is 198 g/mol. The minimum atomic E-state index is 0.275. The van der Waals surface area contributed by atoms with Crippen molar-refractivity contribution in [2.75, 3.05) is 26.7 Å². The number of ether oxygens (including phenoxy) is 1. The van der Waals surface area contributed by atoms with Crippen molar-refractivity contribution < 1.29 is 4.74 Å². The first-order chi connectivity index (χ1) is 6.85. The van der Waals surface area contributed by atoms with Gasteiger partial charge in [0.05, 0.1) is 6.10 Å². The Morgan fingerprint density at radius 3 is 2.79 bits per heavy atom. The third-order valence-corrected chi connectivity index (χ3v) is 3.61. The molecule has 0 spiro atoms. The van der Waals surface area contributed by atoms with Crippen LogP contribution in [0.1, 0.15) is 25.7 Å². The van der Waals surface area contributed by atoms with E-state index in [1.807, 2.05) is 0 Å². The van der Waals surface area contributed by atoms with E-state index in [0.29, 0.717) is 12.5 Å². The largest absolute Gasteiger partial charge is 0.380 e. The molecule has 1 aliphatic carbocycles. The zero-order valence-corrected chi connectivity index (χ0v) is 9.11. The van der Waals surface area contributed by atoms with Gasteiger partial charge in [0.2, 0.25) is 0 Å². The van der Waals surface area contributed by atoms with Crippen LogP contribution in [-0.2, 0) is 4.74 Å². The summed E-state index contributed by atoms with van der Waals surface area (Å²) < 4.78 is 5.44. The second kappa shape index (κ2) is 4.60. The Kier molecular flexibility index (Phi) is 3.42. The van der Waals surface area contributed by atoms with Crippen molar-refractivity contribution >= 4 is 0 Å². The summed E-state index contributed by atoms with van der Waals surface area (Å²) in [4.78, 5) is 2.63. The molecule has 1 saturated carbocycles. The Balaban J connectivity index is 1.85. The first-order valence-electron chi connectivity index (χ1n) is 5.82. The van der Waals surface area contributed by atoms with E-state index < -0.39 is 0 Å². The lowest BCUT2D eigenvalue weighted by Gasteiger charge is -2.36. The number of nitrogens with two attached hydrogens (primary N) is 1. The van der Waals surface area contributed by atoms with E-state index in [1.54, 1.807) is 7.11 Å². The van der Waals surface area contributed by atoms with E-state index in [-0.39, 0.29) is 6.10 Å². The molecule has 0 bridgehead atoms. The van der Waals surface area contributed by atoms with Gasteiger partial charge in [0.1, 0.15) is 0 Å². The van der Waals surface area contributed by atoms with Gasteiger partial charge in [-0.1, -0.05) is 0 Å². The topological polar surface area (TPSA) is 38.5 Å². The predicted molar refractivity (Wildman–Crippen MR) is 57.2 cm³/mol. The quantitative estimate of drug-likeness (QED) is 0.727. The molecule has 0 aromatic heterocycles. The summed E-state index contributed by atoms with van der Waals surface area (Å²) in [5.41, 5.74) is 5.71. The summed E-state index contributed by atoms with van der Waals surface area (Å²) in [6.07, 6.45) is 5.71. The second-order valence-electron chi connectivity index (χ2n) is 4.64. The minimum absolute atomic E-state index is 0.275. The minimum Gasteiger partial charge on any atom is -0.380 e. The van der Waals surface area contributed by atoms with Crippen molar-refractivity contribution in [3.8, 4) is 0 Å². The van der Waals surface area contributed by atoms with Crippen LogP contribution in [0.15, 0.2) is 0 Å². The van der Waals surface area contributed by atoms with Crippen LogP contribution in [0.3, 0.4) is 0 Å².